The topological polar surface area (TPSA) is 89.5 Å². The number of imidazole rings is 1. The largest absolute Gasteiger partial charge is 0.323 e. The van der Waals surface area contributed by atoms with Crippen LogP contribution in [0, 0.1) is 16.7 Å². The number of fused-ring (bicyclic) bond motifs is 1. The number of nitrogens with one attached hydrogen (secondary N) is 2. The number of carbonyl (C=O) groups is 1. The lowest BCUT2D eigenvalue weighted by atomic mass is 9.65. The number of Topliss-reactive ketones (excluding diaryl/α,β-unsaturated/α-hetero) is 1. The highest BCUT2D eigenvalue weighted by atomic mass is 16.1. The average Bonchev–Trinajstić information content (AvgIpc) is 2.67. The van der Waals surface area contributed by atoms with Crippen molar-refractivity contribution in [1.82, 2.24) is 9.97 Å². The fourth-order valence-electron chi connectivity index (χ4n) is 2.37. The van der Waals surface area contributed by atoms with Crippen molar-refractivity contribution in [3.8, 4) is 6.07 Å². The van der Waals surface area contributed by atoms with Crippen LogP contribution in [0.5, 0.6) is 0 Å². The van der Waals surface area contributed by atoms with Gasteiger partial charge in [0.15, 0.2) is 5.78 Å². The van der Waals surface area contributed by atoms with Crippen molar-refractivity contribution in [2.24, 2.45) is 5.41 Å². The van der Waals surface area contributed by atoms with Crippen LogP contribution < -0.4 is 5.69 Å². The molecule has 2 N–H and O–H groups in total. The first-order valence-electron chi connectivity index (χ1n) is 5.83. The fraction of sp³-hybridized carbons (Fsp3) is 0.308. The number of carbonyl (C=O) groups excluding carboxylic acids is 1. The van der Waals surface area contributed by atoms with E-state index < -0.39 is 5.41 Å². The molecule has 0 saturated heterocycles. The molecular weight excluding hydrogens is 230 g/mol. The Balaban J connectivity index is 2.07. The molecule has 5 heteroatoms. The van der Waals surface area contributed by atoms with Crippen LogP contribution >= 0.6 is 0 Å². The van der Waals surface area contributed by atoms with Crippen LogP contribution in [0.2, 0.25) is 0 Å². The molecule has 1 heterocycles. The van der Waals surface area contributed by atoms with Gasteiger partial charge in [-0.2, -0.15) is 5.26 Å². The van der Waals surface area contributed by atoms with E-state index in [9.17, 15) is 9.59 Å². The summed E-state index contributed by atoms with van der Waals surface area (Å²) in [5, 5.41) is 9.15. The van der Waals surface area contributed by atoms with E-state index in [0.29, 0.717) is 29.4 Å². The summed E-state index contributed by atoms with van der Waals surface area (Å²) in [4.78, 5) is 28.7. The maximum atomic E-state index is 12.3. The highest BCUT2D eigenvalue weighted by molar-refractivity contribution is 6.04. The number of aromatic nitrogens is 2. The summed E-state index contributed by atoms with van der Waals surface area (Å²) in [5.41, 5.74) is 0.603. The van der Waals surface area contributed by atoms with Crippen LogP contribution in [0.25, 0.3) is 11.0 Å². The maximum absolute atomic E-state index is 12.3. The Morgan fingerprint density at radius 2 is 2.00 bits per heavy atom. The molecule has 0 atom stereocenters. The summed E-state index contributed by atoms with van der Waals surface area (Å²) in [5.74, 6) is -0.139. The summed E-state index contributed by atoms with van der Waals surface area (Å²) in [6.07, 6.45) is 2.18. The lowest BCUT2D eigenvalue weighted by Crippen LogP contribution is -2.36. The van der Waals surface area contributed by atoms with Gasteiger partial charge in [-0.15, -0.1) is 0 Å². The first-order valence-corrected chi connectivity index (χ1v) is 5.83. The molecular formula is C13H11N3O2. The third-order valence-corrected chi connectivity index (χ3v) is 3.63. The first kappa shape index (κ1) is 10.8. The van der Waals surface area contributed by atoms with Gasteiger partial charge in [-0.3, -0.25) is 4.79 Å². The van der Waals surface area contributed by atoms with E-state index >= 15 is 0 Å². The molecule has 0 spiro atoms. The number of ketones is 1. The van der Waals surface area contributed by atoms with Gasteiger partial charge < -0.3 is 9.97 Å². The van der Waals surface area contributed by atoms with Gasteiger partial charge in [0.1, 0.15) is 5.41 Å². The minimum atomic E-state index is -0.843. The van der Waals surface area contributed by atoms with Crippen molar-refractivity contribution < 1.29 is 4.79 Å². The molecule has 0 unspecified atom stereocenters. The van der Waals surface area contributed by atoms with Crippen LogP contribution in [0.15, 0.2) is 23.0 Å². The number of hydrogen-bond acceptors (Lipinski definition) is 3. The number of benzene rings is 1. The van der Waals surface area contributed by atoms with E-state index in [1.54, 1.807) is 18.2 Å². The van der Waals surface area contributed by atoms with Gasteiger partial charge in [-0.05, 0) is 37.5 Å². The van der Waals surface area contributed by atoms with Crippen molar-refractivity contribution in [1.29, 1.82) is 5.26 Å². The summed E-state index contributed by atoms with van der Waals surface area (Å²) >= 11 is 0. The Morgan fingerprint density at radius 3 is 2.61 bits per heavy atom. The van der Waals surface area contributed by atoms with E-state index in [2.05, 4.69) is 16.0 Å². The highest BCUT2D eigenvalue weighted by Gasteiger charge is 2.44. The normalized spacial score (nSPS) is 17.1. The van der Waals surface area contributed by atoms with E-state index in [1.165, 1.54) is 0 Å². The minimum absolute atomic E-state index is 0.139. The lowest BCUT2D eigenvalue weighted by Gasteiger charge is -2.33. The average molecular weight is 241 g/mol. The second-order valence-corrected chi connectivity index (χ2v) is 4.72. The van der Waals surface area contributed by atoms with Gasteiger partial charge in [0, 0.05) is 5.56 Å². The molecule has 0 bridgehead atoms. The van der Waals surface area contributed by atoms with Gasteiger partial charge in [0.25, 0.3) is 0 Å². The number of hydrogen-bond donors (Lipinski definition) is 2. The molecule has 1 aliphatic rings. The van der Waals surface area contributed by atoms with Crippen LogP contribution in [0.1, 0.15) is 29.6 Å². The summed E-state index contributed by atoms with van der Waals surface area (Å²) < 4.78 is 0. The van der Waals surface area contributed by atoms with Crippen molar-refractivity contribution in [3.05, 3.63) is 34.2 Å². The second kappa shape index (κ2) is 3.57. The van der Waals surface area contributed by atoms with Gasteiger partial charge in [-0.25, -0.2) is 4.79 Å². The Labute approximate surface area is 102 Å². The number of nitriles is 1. The fourth-order valence-corrected chi connectivity index (χ4v) is 2.37. The first-order chi connectivity index (χ1) is 8.64. The molecule has 0 amide bonds. The van der Waals surface area contributed by atoms with Crippen LogP contribution in [-0.4, -0.2) is 15.8 Å². The van der Waals surface area contributed by atoms with Gasteiger partial charge >= 0.3 is 5.69 Å². The summed E-state index contributed by atoms with van der Waals surface area (Å²) in [7, 11) is 0. The standard InChI is InChI=1S/C13H11N3O2/c14-7-13(4-1-5-13)11(17)8-2-3-9-10(6-8)16-12(18)15-9/h2-3,6H,1,4-5H2,(H2,15,16,18). The molecule has 0 radical (unpaired) electrons. The van der Waals surface area contributed by atoms with E-state index in [1.807, 2.05) is 0 Å². The zero-order chi connectivity index (χ0) is 12.8. The number of nitrogens with zero attached hydrogens (tertiary/aromatic N) is 1. The molecule has 3 rings (SSSR count). The van der Waals surface area contributed by atoms with Crippen LogP contribution in [0.4, 0.5) is 0 Å². The predicted molar refractivity (Wildman–Crippen MR) is 65.1 cm³/mol. The minimum Gasteiger partial charge on any atom is -0.306 e. The molecule has 1 fully saturated rings. The third-order valence-electron chi connectivity index (χ3n) is 3.63. The lowest BCUT2D eigenvalue weighted by molar-refractivity contribution is 0.0748. The second-order valence-electron chi connectivity index (χ2n) is 4.72. The molecule has 1 saturated carbocycles. The Kier molecular flexibility index (Phi) is 2.14. The molecule has 2 aromatic rings. The van der Waals surface area contributed by atoms with Crippen molar-refractivity contribution in [3.63, 3.8) is 0 Å². The van der Waals surface area contributed by atoms with E-state index in [0.717, 1.165) is 6.42 Å². The Morgan fingerprint density at radius 1 is 1.28 bits per heavy atom. The third kappa shape index (κ3) is 1.39. The number of rotatable bonds is 2. The molecule has 1 aliphatic carbocycles. The summed E-state index contributed by atoms with van der Waals surface area (Å²) in [6.45, 7) is 0. The SMILES string of the molecule is N#CC1(C(=O)c2ccc3[nH]c(=O)[nH]c3c2)CCC1. The molecule has 5 nitrogen and oxygen atoms in total. The van der Waals surface area contributed by atoms with Crippen molar-refractivity contribution in [2.75, 3.05) is 0 Å². The van der Waals surface area contributed by atoms with E-state index in [4.69, 9.17) is 5.26 Å². The van der Waals surface area contributed by atoms with Gasteiger partial charge in [-0.1, -0.05) is 0 Å². The molecule has 18 heavy (non-hydrogen) atoms. The monoisotopic (exact) mass is 241 g/mol. The molecule has 90 valence electrons. The predicted octanol–water partition coefficient (Wildman–Crippen LogP) is 1.73. The van der Waals surface area contributed by atoms with Crippen molar-refractivity contribution in [2.45, 2.75) is 19.3 Å². The smallest absolute Gasteiger partial charge is 0.306 e. The summed E-state index contributed by atoms with van der Waals surface area (Å²) in [6, 6.07) is 7.11. The molecule has 1 aromatic carbocycles. The van der Waals surface area contributed by atoms with Crippen molar-refractivity contribution >= 4 is 16.8 Å². The maximum Gasteiger partial charge on any atom is 0.323 e. The van der Waals surface area contributed by atoms with E-state index in [-0.39, 0.29) is 11.5 Å². The van der Waals surface area contributed by atoms with Gasteiger partial charge in [0.2, 0.25) is 0 Å². The zero-order valence-electron chi connectivity index (χ0n) is 9.62. The highest BCUT2D eigenvalue weighted by Crippen LogP contribution is 2.43. The molecule has 1 aromatic heterocycles. The number of aromatic amines is 2. The Hall–Kier alpha value is -2.35. The quantitative estimate of drug-likeness (QED) is 0.784. The van der Waals surface area contributed by atoms with Gasteiger partial charge in [0.05, 0.1) is 17.1 Å². The number of H-pyrrole nitrogens is 2. The zero-order valence-corrected chi connectivity index (χ0v) is 9.62. The Bertz CT molecular complexity index is 729. The van der Waals surface area contributed by atoms with Crippen LogP contribution in [-0.2, 0) is 0 Å². The van der Waals surface area contributed by atoms with Crippen LogP contribution in [0.3, 0.4) is 0 Å². The molecule has 0 aliphatic heterocycles.